The zero-order valence-corrected chi connectivity index (χ0v) is 12.3. The standard InChI is InChI=1S/C14H18N4O3/c1-8(14(20)21)4-5-15-13(19)11-7-16-18-10(3)6-9(2)17-12(11)18/h6-8H,4-5H2,1-3H3,(H,15,19)(H,20,21). The molecule has 0 fully saturated rings. The molecule has 21 heavy (non-hydrogen) atoms. The summed E-state index contributed by atoms with van der Waals surface area (Å²) >= 11 is 0. The van der Waals surface area contributed by atoms with Crippen LogP contribution in [0.1, 0.15) is 35.1 Å². The number of carbonyl (C=O) groups excluding carboxylic acids is 1. The predicted octanol–water partition coefficient (Wildman–Crippen LogP) is 1.19. The minimum absolute atomic E-state index is 0.292. The molecule has 0 saturated heterocycles. The monoisotopic (exact) mass is 290 g/mol. The Kier molecular flexibility index (Phi) is 4.21. The molecule has 2 heterocycles. The van der Waals surface area contributed by atoms with Gasteiger partial charge < -0.3 is 10.4 Å². The van der Waals surface area contributed by atoms with Crippen molar-refractivity contribution in [2.24, 2.45) is 5.92 Å². The van der Waals surface area contributed by atoms with Crippen molar-refractivity contribution in [2.75, 3.05) is 6.54 Å². The van der Waals surface area contributed by atoms with E-state index < -0.39 is 11.9 Å². The number of rotatable bonds is 5. The van der Waals surface area contributed by atoms with Gasteiger partial charge in [0.1, 0.15) is 5.56 Å². The topological polar surface area (TPSA) is 96.6 Å². The largest absolute Gasteiger partial charge is 0.481 e. The minimum Gasteiger partial charge on any atom is -0.481 e. The lowest BCUT2D eigenvalue weighted by Gasteiger charge is -2.07. The minimum atomic E-state index is -0.867. The molecular formula is C14H18N4O3. The van der Waals surface area contributed by atoms with Gasteiger partial charge in [-0.3, -0.25) is 9.59 Å². The van der Waals surface area contributed by atoms with E-state index in [1.807, 2.05) is 19.9 Å². The molecule has 2 aromatic rings. The molecule has 0 aromatic carbocycles. The highest BCUT2D eigenvalue weighted by Crippen LogP contribution is 2.12. The molecule has 2 rings (SSSR count). The lowest BCUT2D eigenvalue weighted by Crippen LogP contribution is -2.27. The molecule has 0 aliphatic carbocycles. The third kappa shape index (κ3) is 3.18. The van der Waals surface area contributed by atoms with Gasteiger partial charge in [0.05, 0.1) is 12.1 Å². The number of amides is 1. The maximum atomic E-state index is 12.1. The van der Waals surface area contributed by atoms with E-state index in [0.29, 0.717) is 24.2 Å². The number of nitrogens with one attached hydrogen (secondary N) is 1. The summed E-state index contributed by atoms with van der Waals surface area (Å²) in [4.78, 5) is 27.2. The third-order valence-electron chi connectivity index (χ3n) is 3.31. The highest BCUT2D eigenvalue weighted by atomic mass is 16.4. The van der Waals surface area contributed by atoms with E-state index in [-0.39, 0.29) is 5.91 Å². The number of fused-ring (bicyclic) bond motifs is 1. The number of hydrogen-bond donors (Lipinski definition) is 2. The van der Waals surface area contributed by atoms with Crippen molar-refractivity contribution in [3.8, 4) is 0 Å². The normalized spacial score (nSPS) is 12.3. The zero-order valence-electron chi connectivity index (χ0n) is 12.3. The number of carboxylic acids is 1. The summed E-state index contributed by atoms with van der Waals surface area (Å²) < 4.78 is 1.61. The number of aromatic nitrogens is 3. The first kappa shape index (κ1) is 15.0. The van der Waals surface area contributed by atoms with Crippen molar-refractivity contribution < 1.29 is 14.7 Å². The number of carboxylic acid groups (broad SMARTS) is 1. The van der Waals surface area contributed by atoms with Crippen LogP contribution < -0.4 is 5.32 Å². The van der Waals surface area contributed by atoms with Gasteiger partial charge in [0.25, 0.3) is 5.91 Å². The number of aryl methyl sites for hydroxylation is 2. The van der Waals surface area contributed by atoms with Crippen LogP contribution in [-0.4, -0.2) is 38.1 Å². The van der Waals surface area contributed by atoms with E-state index >= 15 is 0 Å². The van der Waals surface area contributed by atoms with Crippen LogP contribution in [0.5, 0.6) is 0 Å². The van der Waals surface area contributed by atoms with Gasteiger partial charge >= 0.3 is 5.97 Å². The second-order valence-electron chi connectivity index (χ2n) is 5.12. The highest BCUT2D eigenvalue weighted by Gasteiger charge is 2.16. The molecule has 0 spiro atoms. The van der Waals surface area contributed by atoms with E-state index in [4.69, 9.17) is 5.11 Å². The van der Waals surface area contributed by atoms with Crippen LogP contribution in [0.4, 0.5) is 0 Å². The van der Waals surface area contributed by atoms with Crippen molar-refractivity contribution in [1.82, 2.24) is 19.9 Å². The second-order valence-corrected chi connectivity index (χ2v) is 5.12. The number of carbonyl (C=O) groups is 2. The molecule has 7 heteroatoms. The predicted molar refractivity (Wildman–Crippen MR) is 76.2 cm³/mol. The van der Waals surface area contributed by atoms with E-state index in [9.17, 15) is 9.59 Å². The Hall–Kier alpha value is -2.44. The maximum Gasteiger partial charge on any atom is 0.306 e. The summed E-state index contributed by atoms with van der Waals surface area (Å²) in [6.45, 7) is 5.66. The molecule has 0 aliphatic heterocycles. The van der Waals surface area contributed by atoms with Crippen LogP contribution in [0.15, 0.2) is 12.3 Å². The fourth-order valence-electron chi connectivity index (χ4n) is 2.05. The average Bonchev–Trinajstić information content (AvgIpc) is 2.82. The lowest BCUT2D eigenvalue weighted by atomic mass is 10.1. The van der Waals surface area contributed by atoms with Gasteiger partial charge in [-0.15, -0.1) is 0 Å². The van der Waals surface area contributed by atoms with E-state index in [2.05, 4.69) is 15.4 Å². The summed E-state index contributed by atoms with van der Waals surface area (Å²) in [5.74, 6) is -1.65. The third-order valence-corrected chi connectivity index (χ3v) is 3.31. The Morgan fingerprint density at radius 2 is 2.14 bits per heavy atom. The van der Waals surface area contributed by atoms with E-state index in [0.717, 1.165) is 11.4 Å². The Morgan fingerprint density at radius 3 is 2.81 bits per heavy atom. The number of hydrogen-bond acceptors (Lipinski definition) is 4. The van der Waals surface area contributed by atoms with Crippen molar-refractivity contribution in [3.05, 3.63) is 29.2 Å². The van der Waals surface area contributed by atoms with Crippen LogP contribution in [0, 0.1) is 19.8 Å². The van der Waals surface area contributed by atoms with Crippen LogP contribution in [0.2, 0.25) is 0 Å². The van der Waals surface area contributed by atoms with E-state index in [1.54, 1.807) is 11.4 Å². The summed E-state index contributed by atoms with van der Waals surface area (Å²) in [6, 6.07) is 1.89. The molecule has 2 aromatic heterocycles. The molecule has 2 N–H and O–H groups in total. The summed E-state index contributed by atoms with van der Waals surface area (Å²) in [5.41, 5.74) is 2.62. The number of aliphatic carboxylic acids is 1. The molecule has 0 bridgehead atoms. The summed E-state index contributed by atoms with van der Waals surface area (Å²) in [6.07, 6.45) is 1.86. The first-order valence-electron chi connectivity index (χ1n) is 6.73. The van der Waals surface area contributed by atoms with Crippen molar-refractivity contribution in [1.29, 1.82) is 0 Å². The molecule has 1 amide bonds. The fourth-order valence-corrected chi connectivity index (χ4v) is 2.05. The van der Waals surface area contributed by atoms with Crippen molar-refractivity contribution >= 4 is 17.5 Å². The van der Waals surface area contributed by atoms with Gasteiger partial charge in [-0.05, 0) is 26.3 Å². The molecule has 0 saturated carbocycles. The van der Waals surface area contributed by atoms with Crippen LogP contribution in [-0.2, 0) is 4.79 Å². The van der Waals surface area contributed by atoms with Crippen molar-refractivity contribution in [2.45, 2.75) is 27.2 Å². The average molecular weight is 290 g/mol. The van der Waals surface area contributed by atoms with Crippen LogP contribution >= 0.6 is 0 Å². The van der Waals surface area contributed by atoms with Crippen LogP contribution in [0.3, 0.4) is 0 Å². The van der Waals surface area contributed by atoms with Gasteiger partial charge in [0.15, 0.2) is 5.65 Å². The molecular weight excluding hydrogens is 272 g/mol. The molecule has 0 radical (unpaired) electrons. The van der Waals surface area contributed by atoms with Gasteiger partial charge in [-0.2, -0.15) is 5.10 Å². The second kappa shape index (κ2) is 5.90. The first-order chi connectivity index (χ1) is 9.90. The first-order valence-corrected chi connectivity index (χ1v) is 6.73. The van der Waals surface area contributed by atoms with Gasteiger partial charge in [-0.1, -0.05) is 6.92 Å². The lowest BCUT2D eigenvalue weighted by molar-refractivity contribution is -0.141. The summed E-state index contributed by atoms with van der Waals surface area (Å²) in [7, 11) is 0. The molecule has 1 unspecified atom stereocenters. The Morgan fingerprint density at radius 1 is 1.43 bits per heavy atom. The molecule has 1 atom stereocenters. The Balaban J connectivity index is 2.11. The Labute approximate surface area is 122 Å². The summed E-state index contributed by atoms with van der Waals surface area (Å²) in [5, 5.41) is 15.7. The van der Waals surface area contributed by atoms with Crippen LogP contribution in [0.25, 0.3) is 5.65 Å². The van der Waals surface area contributed by atoms with Gasteiger partial charge in [0.2, 0.25) is 0 Å². The smallest absolute Gasteiger partial charge is 0.306 e. The zero-order chi connectivity index (χ0) is 15.6. The molecule has 7 nitrogen and oxygen atoms in total. The quantitative estimate of drug-likeness (QED) is 0.862. The number of nitrogens with zero attached hydrogens (tertiary/aromatic N) is 3. The maximum absolute atomic E-state index is 12.1. The van der Waals surface area contributed by atoms with Gasteiger partial charge in [-0.25, -0.2) is 9.50 Å². The SMILES string of the molecule is Cc1cc(C)n2ncc(C(=O)NCCC(C)C(=O)O)c2n1. The van der Waals surface area contributed by atoms with Crippen molar-refractivity contribution in [3.63, 3.8) is 0 Å². The molecule has 0 aliphatic rings. The Bertz CT molecular complexity index is 693. The highest BCUT2D eigenvalue weighted by molar-refractivity contribution is 5.99. The van der Waals surface area contributed by atoms with Gasteiger partial charge in [0, 0.05) is 17.9 Å². The molecule has 112 valence electrons. The van der Waals surface area contributed by atoms with E-state index in [1.165, 1.54) is 6.20 Å². The fraction of sp³-hybridized carbons (Fsp3) is 0.429.